The normalized spacial score (nSPS) is 28.1. The van der Waals surface area contributed by atoms with E-state index in [1.54, 1.807) is 0 Å². The van der Waals surface area contributed by atoms with Gasteiger partial charge in [0.05, 0.1) is 12.7 Å². The smallest absolute Gasteiger partial charge is 0.337 e. The van der Waals surface area contributed by atoms with Gasteiger partial charge in [-0.05, 0) is 25.2 Å². The zero-order chi connectivity index (χ0) is 10.2. The van der Waals surface area contributed by atoms with Crippen LogP contribution in [0.3, 0.4) is 0 Å². The number of rotatable bonds is 2. The average Bonchev–Trinajstić information content (AvgIpc) is 2.97. The zero-order valence-electron chi connectivity index (χ0n) is 8.32. The first-order valence-electron chi connectivity index (χ1n) is 4.91. The van der Waals surface area contributed by atoms with Crippen molar-refractivity contribution in [2.45, 2.75) is 24.8 Å². The van der Waals surface area contributed by atoms with E-state index in [9.17, 15) is 4.79 Å². The Morgan fingerprint density at radius 3 is 2.79 bits per heavy atom. The van der Waals surface area contributed by atoms with Crippen LogP contribution in [-0.2, 0) is 9.53 Å². The molecule has 1 atom stereocenters. The molecule has 3 nitrogen and oxygen atoms in total. The number of ether oxygens (including phenoxy) is 1. The molecule has 1 fully saturated rings. The van der Waals surface area contributed by atoms with Crippen LogP contribution < -0.4 is 5.73 Å². The molecule has 76 valence electrons. The largest absolute Gasteiger partial charge is 0.465 e. The highest BCUT2D eigenvalue weighted by molar-refractivity contribution is 5.91. The average molecular weight is 193 g/mol. The summed E-state index contributed by atoms with van der Waals surface area (Å²) in [5.41, 5.74) is 6.73. The van der Waals surface area contributed by atoms with Crippen LogP contribution in [0, 0.1) is 5.92 Å². The molecule has 14 heavy (non-hydrogen) atoms. The number of allylic oxidation sites excluding steroid dienone is 1. The molecule has 0 aromatic rings. The summed E-state index contributed by atoms with van der Waals surface area (Å²) >= 11 is 0. The second-order valence-corrected chi connectivity index (χ2v) is 4.09. The summed E-state index contributed by atoms with van der Waals surface area (Å²) in [6.45, 7) is 0. The Morgan fingerprint density at radius 1 is 1.64 bits per heavy atom. The summed E-state index contributed by atoms with van der Waals surface area (Å²) in [7, 11) is 1.40. The molecule has 1 saturated carbocycles. The summed E-state index contributed by atoms with van der Waals surface area (Å²) in [5, 5.41) is 0. The molecular weight excluding hydrogens is 178 g/mol. The van der Waals surface area contributed by atoms with Crippen LogP contribution in [0.25, 0.3) is 0 Å². The highest BCUT2D eigenvalue weighted by Gasteiger charge is 2.44. The van der Waals surface area contributed by atoms with Gasteiger partial charge in [0.1, 0.15) is 0 Å². The van der Waals surface area contributed by atoms with Gasteiger partial charge < -0.3 is 10.5 Å². The summed E-state index contributed by atoms with van der Waals surface area (Å²) in [6.07, 6.45) is 8.85. The minimum atomic E-state index is -0.262. The van der Waals surface area contributed by atoms with E-state index in [1.165, 1.54) is 7.11 Å². The van der Waals surface area contributed by atoms with Crippen molar-refractivity contribution >= 4 is 5.97 Å². The molecular formula is C11H15NO2. The van der Waals surface area contributed by atoms with E-state index in [4.69, 9.17) is 5.73 Å². The van der Waals surface area contributed by atoms with Gasteiger partial charge in [0.25, 0.3) is 0 Å². The third-order valence-corrected chi connectivity index (χ3v) is 3.09. The van der Waals surface area contributed by atoms with Gasteiger partial charge in [-0.25, -0.2) is 4.79 Å². The number of carbonyl (C=O) groups excluding carboxylic acids is 1. The molecule has 2 N–H and O–H groups in total. The lowest BCUT2D eigenvalue weighted by Crippen LogP contribution is -2.31. The summed E-state index contributed by atoms with van der Waals surface area (Å²) in [4.78, 5) is 11.2. The van der Waals surface area contributed by atoms with Crippen molar-refractivity contribution in [2.75, 3.05) is 7.11 Å². The van der Waals surface area contributed by atoms with E-state index >= 15 is 0 Å². The monoisotopic (exact) mass is 193 g/mol. The molecule has 0 saturated heterocycles. The molecule has 0 heterocycles. The summed E-state index contributed by atoms with van der Waals surface area (Å²) in [6, 6.07) is 0. The summed E-state index contributed by atoms with van der Waals surface area (Å²) in [5.74, 6) is 0.137. The first-order chi connectivity index (χ1) is 6.65. The molecule has 0 bridgehead atoms. The Bertz CT molecular complexity index is 313. The minimum absolute atomic E-state index is 0.00858. The van der Waals surface area contributed by atoms with Crippen molar-refractivity contribution in [2.24, 2.45) is 11.7 Å². The fourth-order valence-corrected chi connectivity index (χ4v) is 1.83. The van der Waals surface area contributed by atoms with E-state index in [1.807, 2.05) is 18.2 Å². The molecule has 0 spiro atoms. The number of hydrogen-bond acceptors (Lipinski definition) is 3. The van der Waals surface area contributed by atoms with Crippen molar-refractivity contribution in [1.82, 2.24) is 0 Å². The molecule has 0 aromatic carbocycles. The van der Waals surface area contributed by atoms with Crippen molar-refractivity contribution in [3.8, 4) is 0 Å². The quantitative estimate of drug-likeness (QED) is 0.669. The van der Waals surface area contributed by atoms with Crippen LogP contribution in [0.15, 0.2) is 23.8 Å². The van der Waals surface area contributed by atoms with Crippen LogP contribution in [-0.4, -0.2) is 18.6 Å². The van der Waals surface area contributed by atoms with Gasteiger partial charge in [-0.1, -0.05) is 18.2 Å². The highest BCUT2D eigenvalue weighted by Crippen LogP contribution is 2.43. The lowest BCUT2D eigenvalue weighted by atomic mass is 9.89. The Balaban J connectivity index is 2.01. The Hall–Kier alpha value is -1.09. The lowest BCUT2D eigenvalue weighted by Gasteiger charge is -2.21. The Kier molecular flexibility index (Phi) is 2.19. The van der Waals surface area contributed by atoms with Crippen molar-refractivity contribution < 1.29 is 9.53 Å². The highest BCUT2D eigenvalue weighted by atomic mass is 16.5. The fourth-order valence-electron chi connectivity index (χ4n) is 1.83. The predicted molar refractivity (Wildman–Crippen MR) is 53.5 cm³/mol. The van der Waals surface area contributed by atoms with Gasteiger partial charge in [-0.15, -0.1) is 0 Å². The minimum Gasteiger partial charge on any atom is -0.465 e. The molecule has 0 unspecified atom stereocenters. The van der Waals surface area contributed by atoms with Crippen molar-refractivity contribution in [1.29, 1.82) is 0 Å². The van der Waals surface area contributed by atoms with Crippen molar-refractivity contribution in [3.05, 3.63) is 23.8 Å². The molecule has 0 radical (unpaired) electrons. The number of nitrogens with two attached hydrogens (primary N) is 1. The SMILES string of the molecule is COC(=O)C1=CC[C@H](C2(N)CC2)C=C1. The van der Waals surface area contributed by atoms with Gasteiger partial charge >= 0.3 is 5.97 Å². The summed E-state index contributed by atoms with van der Waals surface area (Å²) < 4.78 is 4.64. The first kappa shape index (κ1) is 9.46. The maximum atomic E-state index is 11.2. The first-order valence-corrected chi connectivity index (χ1v) is 4.91. The van der Waals surface area contributed by atoms with Gasteiger partial charge in [-0.3, -0.25) is 0 Å². The van der Waals surface area contributed by atoms with E-state index in [-0.39, 0.29) is 11.5 Å². The Morgan fingerprint density at radius 2 is 2.36 bits per heavy atom. The van der Waals surface area contributed by atoms with Crippen molar-refractivity contribution in [3.63, 3.8) is 0 Å². The number of carbonyl (C=O) groups is 1. The number of hydrogen-bond donors (Lipinski definition) is 1. The maximum absolute atomic E-state index is 11.2. The van der Waals surface area contributed by atoms with Crippen LogP contribution in [0.5, 0.6) is 0 Å². The van der Waals surface area contributed by atoms with E-state index in [0.29, 0.717) is 11.5 Å². The molecule has 2 rings (SSSR count). The van der Waals surface area contributed by atoms with Gasteiger partial charge in [-0.2, -0.15) is 0 Å². The molecule has 2 aliphatic carbocycles. The van der Waals surface area contributed by atoms with E-state index < -0.39 is 0 Å². The fraction of sp³-hybridized carbons (Fsp3) is 0.545. The van der Waals surface area contributed by atoms with Crippen LogP contribution >= 0.6 is 0 Å². The van der Waals surface area contributed by atoms with Gasteiger partial charge in [0.2, 0.25) is 0 Å². The number of methoxy groups -OCH3 is 1. The van der Waals surface area contributed by atoms with Gasteiger partial charge in [0, 0.05) is 5.54 Å². The molecule has 0 aromatic heterocycles. The van der Waals surface area contributed by atoms with E-state index in [2.05, 4.69) is 4.74 Å². The molecule has 0 amide bonds. The third-order valence-electron chi connectivity index (χ3n) is 3.09. The Labute approximate surface area is 83.6 Å². The topological polar surface area (TPSA) is 52.3 Å². The van der Waals surface area contributed by atoms with E-state index in [0.717, 1.165) is 19.3 Å². The maximum Gasteiger partial charge on any atom is 0.337 e. The molecule has 3 heteroatoms. The molecule has 2 aliphatic rings. The predicted octanol–water partition coefficient (Wildman–Crippen LogP) is 1.15. The van der Waals surface area contributed by atoms with Crippen LogP contribution in [0.1, 0.15) is 19.3 Å². The molecule has 0 aliphatic heterocycles. The zero-order valence-corrected chi connectivity index (χ0v) is 8.32. The second kappa shape index (κ2) is 3.24. The second-order valence-electron chi connectivity index (χ2n) is 4.09. The third kappa shape index (κ3) is 1.60. The van der Waals surface area contributed by atoms with Crippen LogP contribution in [0.4, 0.5) is 0 Å². The van der Waals surface area contributed by atoms with Gasteiger partial charge in [0.15, 0.2) is 0 Å². The number of esters is 1. The lowest BCUT2D eigenvalue weighted by molar-refractivity contribution is -0.135. The standard InChI is InChI=1S/C11H15NO2/c1-14-10(13)8-2-4-9(5-3-8)11(12)6-7-11/h2-4,9H,5-7,12H2,1H3/t9-/m1/s1. The van der Waals surface area contributed by atoms with Crippen LogP contribution in [0.2, 0.25) is 0 Å².